The lowest BCUT2D eigenvalue weighted by atomic mass is 10.1. The van der Waals surface area contributed by atoms with Gasteiger partial charge in [-0.05, 0) is 36.2 Å². The molecule has 2 aromatic rings. The van der Waals surface area contributed by atoms with Gasteiger partial charge < -0.3 is 15.5 Å². The summed E-state index contributed by atoms with van der Waals surface area (Å²) in [5.74, 6) is -1.52. The molecule has 0 aliphatic heterocycles. The van der Waals surface area contributed by atoms with E-state index in [9.17, 15) is 14.3 Å². The van der Waals surface area contributed by atoms with Crippen molar-refractivity contribution in [3.05, 3.63) is 59.4 Å². The molecule has 0 radical (unpaired) electrons. The van der Waals surface area contributed by atoms with Crippen molar-refractivity contribution in [3.8, 4) is 5.75 Å². The largest absolute Gasteiger partial charge is 0.507 e. The molecule has 20 heavy (non-hydrogen) atoms. The molecule has 0 heterocycles. The molecule has 0 saturated carbocycles. The minimum atomic E-state index is -0.604. The number of carbonyl (C=O) groups is 1. The van der Waals surface area contributed by atoms with Gasteiger partial charge >= 0.3 is 0 Å². The van der Waals surface area contributed by atoms with Crippen LogP contribution in [-0.2, 0) is 6.42 Å². The van der Waals surface area contributed by atoms with E-state index in [4.69, 9.17) is 5.11 Å². The van der Waals surface area contributed by atoms with Crippen LogP contribution < -0.4 is 5.32 Å². The van der Waals surface area contributed by atoms with Gasteiger partial charge in [-0.2, -0.15) is 0 Å². The first-order chi connectivity index (χ1) is 9.60. The van der Waals surface area contributed by atoms with Crippen LogP contribution in [0.1, 0.15) is 15.9 Å². The zero-order valence-electron chi connectivity index (χ0n) is 10.6. The quantitative estimate of drug-likeness (QED) is 0.802. The van der Waals surface area contributed by atoms with E-state index in [1.165, 1.54) is 6.07 Å². The Morgan fingerprint density at radius 1 is 1.15 bits per heavy atom. The number of carbonyl (C=O) groups excluding carboxylic acids is 1. The summed E-state index contributed by atoms with van der Waals surface area (Å²) in [5.41, 5.74) is 1.52. The number of aliphatic hydroxyl groups is 1. The minimum absolute atomic E-state index is 0.00540. The molecule has 2 rings (SSSR count). The summed E-state index contributed by atoms with van der Waals surface area (Å²) in [6.07, 6.45) is 0.549. The second-order valence-corrected chi connectivity index (χ2v) is 4.29. The van der Waals surface area contributed by atoms with Crippen LogP contribution in [0.2, 0.25) is 0 Å². The molecule has 0 unspecified atom stereocenters. The third-order valence-corrected chi connectivity index (χ3v) is 2.82. The van der Waals surface area contributed by atoms with Crippen molar-refractivity contribution < 1.29 is 19.4 Å². The molecule has 0 bridgehead atoms. The molecule has 104 valence electrons. The minimum Gasteiger partial charge on any atom is -0.507 e. The number of anilines is 1. The van der Waals surface area contributed by atoms with Gasteiger partial charge in [0.2, 0.25) is 0 Å². The summed E-state index contributed by atoms with van der Waals surface area (Å²) >= 11 is 0. The normalized spacial score (nSPS) is 10.3. The number of rotatable bonds is 4. The molecule has 0 saturated heterocycles. The van der Waals surface area contributed by atoms with E-state index in [-0.39, 0.29) is 12.2 Å². The Morgan fingerprint density at radius 3 is 2.45 bits per heavy atom. The van der Waals surface area contributed by atoms with Gasteiger partial charge in [-0.1, -0.05) is 12.1 Å². The Labute approximate surface area is 115 Å². The molecular formula is C15H14FNO3. The lowest BCUT2D eigenvalue weighted by Crippen LogP contribution is -2.12. The van der Waals surface area contributed by atoms with Gasteiger partial charge in [-0.25, -0.2) is 4.39 Å². The first-order valence-electron chi connectivity index (χ1n) is 6.10. The Kier molecular flexibility index (Phi) is 4.32. The number of halogens is 1. The van der Waals surface area contributed by atoms with Crippen LogP contribution in [0.4, 0.5) is 10.1 Å². The van der Waals surface area contributed by atoms with Crippen molar-refractivity contribution >= 4 is 11.6 Å². The van der Waals surface area contributed by atoms with Gasteiger partial charge in [-0.15, -0.1) is 0 Å². The Hall–Kier alpha value is -2.40. The van der Waals surface area contributed by atoms with E-state index >= 15 is 0 Å². The summed E-state index contributed by atoms with van der Waals surface area (Å²) in [6.45, 7) is 0.0646. The van der Waals surface area contributed by atoms with E-state index in [0.717, 1.165) is 17.7 Å². The highest BCUT2D eigenvalue weighted by atomic mass is 19.1. The monoisotopic (exact) mass is 275 g/mol. The number of hydrogen-bond acceptors (Lipinski definition) is 3. The highest BCUT2D eigenvalue weighted by molar-refractivity contribution is 6.06. The summed E-state index contributed by atoms with van der Waals surface area (Å²) < 4.78 is 12.8. The highest BCUT2D eigenvalue weighted by Crippen LogP contribution is 2.20. The predicted molar refractivity (Wildman–Crippen MR) is 73.2 cm³/mol. The molecular weight excluding hydrogens is 261 g/mol. The van der Waals surface area contributed by atoms with Gasteiger partial charge in [0.1, 0.15) is 11.6 Å². The number of aliphatic hydroxyl groups excluding tert-OH is 1. The van der Waals surface area contributed by atoms with Gasteiger partial charge in [0.05, 0.1) is 5.56 Å². The van der Waals surface area contributed by atoms with E-state index in [1.807, 2.05) is 0 Å². The van der Waals surface area contributed by atoms with E-state index in [2.05, 4.69) is 5.32 Å². The highest BCUT2D eigenvalue weighted by Gasteiger charge is 2.11. The van der Waals surface area contributed by atoms with Crippen molar-refractivity contribution in [2.75, 3.05) is 11.9 Å². The maximum atomic E-state index is 12.8. The molecule has 2 aromatic carbocycles. The summed E-state index contributed by atoms with van der Waals surface area (Å²) in [4.78, 5) is 11.9. The molecule has 1 amide bonds. The number of phenols is 1. The van der Waals surface area contributed by atoms with E-state index in [0.29, 0.717) is 12.1 Å². The van der Waals surface area contributed by atoms with E-state index in [1.54, 1.807) is 24.3 Å². The van der Waals surface area contributed by atoms with Crippen LogP contribution in [0.25, 0.3) is 0 Å². The number of benzene rings is 2. The summed E-state index contributed by atoms with van der Waals surface area (Å²) in [7, 11) is 0. The van der Waals surface area contributed by atoms with Crippen molar-refractivity contribution in [2.45, 2.75) is 6.42 Å². The Balaban J connectivity index is 2.11. The lowest BCUT2D eigenvalue weighted by molar-refractivity contribution is 0.102. The van der Waals surface area contributed by atoms with Gasteiger partial charge in [-0.3, -0.25) is 4.79 Å². The van der Waals surface area contributed by atoms with Gasteiger partial charge in [0, 0.05) is 18.4 Å². The fourth-order valence-electron chi connectivity index (χ4n) is 1.78. The number of amides is 1. The van der Waals surface area contributed by atoms with Crippen LogP contribution in [-0.4, -0.2) is 22.7 Å². The topological polar surface area (TPSA) is 69.6 Å². The van der Waals surface area contributed by atoms with Crippen LogP contribution in [0.3, 0.4) is 0 Å². The number of aromatic hydroxyl groups is 1. The zero-order chi connectivity index (χ0) is 14.5. The molecule has 0 spiro atoms. The van der Waals surface area contributed by atoms with Crippen LogP contribution >= 0.6 is 0 Å². The number of nitrogens with one attached hydrogen (secondary N) is 1. The lowest BCUT2D eigenvalue weighted by Gasteiger charge is -2.07. The maximum absolute atomic E-state index is 12.8. The molecule has 0 aliphatic carbocycles. The van der Waals surface area contributed by atoms with Crippen LogP contribution in [0.5, 0.6) is 5.75 Å². The van der Waals surface area contributed by atoms with Crippen molar-refractivity contribution in [2.24, 2.45) is 0 Å². The third kappa shape index (κ3) is 3.33. The zero-order valence-corrected chi connectivity index (χ0v) is 10.6. The molecule has 0 aromatic heterocycles. The average Bonchev–Trinajstić information content (AvgIpc) is 2.41. The second-order valence-electron chi connectivity index (χ2n) is 4.29. The first kappa shape index (κ1) is 14.0. The Bertz CT molecular complexity index is 611. The fraction of sp³-hybridized carbons (Fsp3) is 0.133. The third-order valence-electron chi connectivity index (χ3n) is 2.82. The first-order valence-corrected chi connectivity index (χ1v) is 6.10. The summed E-state index contributed by atoms with van der Waals surface area (Å²) in [5, 5.41) is 20.9. The van der Waals surface area contributed by atoms with E-state index < -0.39 is 17.5 Å². The predicted octanol–water partition coefficient (Wildman–Crippen LogP) is 2.32. The molecule has 5 heteroatoms. The fourth-order valence-corrected chi connectivity index (χ4v) is 1.78. The Morgan fingerprint density at radius 2 is 1.85 bits per heavy atom. The SMILES string of the molecule is O=C(Nc1ccc(CCO)cc1)c1ccc(F)cc1O. The molecule has 0 aliphatic rings. The number of phenolic OH excluding ortho intramolecular Hbond substituents is 1. The van der Waals surface area contributed by atoms with Crippen molar-refractivity contribution in [1.29, 1.82) is 0 Å². The molecule has 3 N–H and O–H groups in total. The average molecular weight is 275 g/mol. The van der Waals surface area contributed by atoms with Crippen molar-refractivity contribution in [3.63, 3.8) is 0 Å². The molecule has 0 atom stereocenters. The maximum Gasteiger partial charge on any atom is 0.259 e. The smallest absolute Gasteiger partial charge is 0.259 e. The standard InChI is InChI=1S/C15H14FNO3/c16-11-3-6-13(14(19)9-11)15(20)17-12-4-1-10(2-5-12)7-8-18/h1-6,9,18-19H,7-8H2,(H,17,20). The van der Waals surface area contributed by atoms with Gasteiger partial charge in [0.25, 0.3) is 5.91 Å². The second kappa shape index (κ2) is 6.16. The van der Waals surface area contributed by atoms with Crippen LogP contribution in [0, 0.1) is 5.82 Å². The van der Waals surface area contributed by atoms with Crippen molar-refractivity contribution in [1.82, 2.24) is 0 Å². The summed E-state index contributed by atoms with van der Waals surface area (Å²) in [6, 6.07) is 10.2. The molecule has 0 fully saturated rings. The number of hydrogen-bond donors (Lipinski definition) is 3. The van der Waals surface area contributed by atoms with Gasteiger partial charge in [0.15, 0.2) is 0 Å². The molecule has 4 nitrogen and oxygen atoms in total. The van der Waals surface area contributed by atoms with Crippen LogP contribution in [0.15, 0.2) is 42.5 Å².